The molecule has 0 saturated heterocycles. The van der Waals surface area contributed by atoms with Gasteiger partial charge in [-0.1, -0.05) is 6.42 Å². The highest BCUT2D eigenvalue weighted by atomic mass is 32.1. The van der Waals surface area contributed by atoms with Crippen molar-refractivity contribution in [3.8, 4) is 0 Å². The Morgan fingerprint density at radius 3 is 2.29 bits per heavy atom. The lowest BCUT2D eigenvalue weighted by molar-refractivity contribution is 0.186. The first kappa shape index (κ1) is 7.31. The largest absolute Gasteiger partial charge is 0.237 e. The van der Waals surface area contributed by atoms with Crippen molar-refractivity contribution in [3.05, 3.63) is 0 Å². The van der Waals surface area contributed by atoms with Gasteiger partial charge in [0.2, 0.25) is 0 Å². The minimum absolute atomic E-state index is 0.0772. The van der Waals surface area contributed by atoms with Gasteiger partial charge in [-0.3, -0.25) is 0 Å². The first-order valence-electron chi connectivity index (χ1n) is 2.60. The Labute approximate surface area is 50.1 Å². The average molecular weight is 119 g/mol. The van der Waals surface area contributed by atoms with Crippen LogP contribution < -0.4 is 0 Å². The van der Waals surface area contributed by atoms with Crippen molar-refractivity contribution in [2.24, 2.45) is 0 Å². The molecule has 0 aromatic carbocycles. The first-order valence-corrected chi connectivity index (χ1v) is 3.24. The molecule has 0 bridgehead atoms. The van der Waals surface area contributed by atoms with Crippen LogP contribution in [0.1, 0.15) is 19.3 Å². The van der Waals surface area contributed by atoms with Gasteiger partial charge in [0.15, 0.2) is 0 Å². The molecule has 0 aliphatic carbocycles. The van der Waals surface area contributed by atoms with E-state index in [1.807, 2.05) is 0 Å². The summed E-state index contributed by atoms with van der Waals surface area (Å²) in [5, 5.41) is 9.78. The second-order valence-electron chi connectivity index (χ2n) is 1.49. The highest BCUT2D eigenvalue weighted by Gasteiger charge is 1.82. The number of thiol groups is 1. The summed E-state index contributed by atoms with van der Waals surface area (Å²) in [5.74, 6) is 0.917. The molecule has 0 saturated carbocycles. The van der Waals surface area contributed by atoms with Crippen LogP contribution >= 0.6 is 12.6 Å². The maximum atomic E-state index is 9.78. The van der Waals surface area contributed by atoms with Gasteiger partial charge in [-0.15, -0.1) is 0 Å². The van der Waals surface area contributed by atoms with Gasteiger partial charge in [0, 0.05) is 0 Å². The molecular formula is C5H11OS. The molecule has 2 heteroatoms. The lowest BCUT2D eigenvalue weighted by Gasteiger charge is -1.88. The molecule has 0 aromatic rings. The molecule has 0 rings (SSSR count). The molecule has 1 radical (unpaired) electrons. The molecule has 0 atom stereocenters. The van der Waals surface area contributed by atoms with Crippen LogP contribution in [0.15, 0.2) is 0 Å². The molecule has 0 amide bonds. The third-order valence-electron chi connectivity index (χ3n) is 0.802. The van der Waals surface area contributed by atoms with Gasteiger partial charge in [0.05, 0.1) is 6.61 Å². The van der Waals surface area contributed by atoms with Crippen molar-refractivity contribution >= 4 is 12.6 Å². The molecule has 0 spiro atoms. The average Bonchev–Trinajstić information content (AvgIpc) is 1.69. The fourth-order valence-corrected chi connectivity index (χ4v) is 0.614. The summed E-state index contributed by atoms with van der Waals surface area (Å²) < 4.78 is 0. The first-order chi connectivity index (χ1) is 3.41. The second-order valence-corrected chi connectivity index (χ2v) is 1.94. The van der Waals surface area contributed by atoms with E-state index in [0.29, 0.717) is 0 Å². The van der Waals surface area contributed by atoms with Crippen LogP contribution in [0, 0.1) is 0 Å². The number of unbranched alkanes of at least 4 members (excludes halogenated alkanes) is 2. The van der Waals surface area contributed by atoms with E-state index in [1.54, 1.807) is 0 Å². The summed E-state index contributed by atoms with van der Waals surface area (Å²) in [7, 11) is 0. The predicted octanol–water partition coefficient (Wildman–Crippen LogP) is 1.52. The zero-order valence-electron chi connectivity index (χ0n) is 4.39. The SMILES string of the molecule is [O]CCCCCS. The Kier molecular flexibility index (Phi) is 6.59. The summed E-state index contributed by atoms with van der Waals surface area (Å²) in [5.41, 5.74) is 0. The lowest BCUT2D eigenvalue weighted by Crippen LogP contribution is -1.80. The van der Waals surface area contributed by atoms with Gasteiger partial charge in [-0.05, 0) is 18.6 Å². The van der Waals surface area contributed by atoms with Crippen LogP contribution in [-0.2, 0) is 5.11 Å². The van der Waals surface area contributed by atoms with Gasteiger partial charge >= 0.3 is 0 Å². The summed E-state index contributed by atoms with van der Waals surface area (Å²) in [6.45, 7) is 0.0772. The fraction of sp³-hybridized carbons (Fsp3) is 1.00. The van der Waals surface area contributed by atoms with Crippen molar-refractivity contribution in [3.63, 3.8) is 0 Å². The second kappa shape index (κ2) is 6.31. The summed E-state index contributed by atoms with van der Waals surface area (Å²) in [4.78, 5) is 0. The van der Waals surface area contributed by atoms with Crippen molar-refractivity contribution in [1.82, 2.24) is 0 Å². The van der Waals surface area contributed by atoms with Crippen LogP contribution in [0.3, 0.4) is 0 Å². The Balaban J connectivity index is 2.45. The van der Waals surface area contributed by atoms with Crippen molar-refractivity contribution in [2.75, 3.05) is 12.4 Å². The molecule has 7 heavy (non-hydrogen) atoms. The smallest absolute Gasteiger partial charge is 0.0822 e. The van der Waals surface area contributed by atoms with Gasteiger partial charge in [-0.2, -0.15) is 12.6 Å². The van der Waals surface area contributed by atoms with Gasteiger partial charge in [0.1, 0.15) is 0 Å². The maximum Gasteiger partial charge on any atom is 0.0822 e. The summed E-state index contributed by atoms with van der Waals surface area (Å²) >= 11 is 3.99. The monoisotopic (exact) mass is 119 g/mol. The van der Waals surface area contributed by atoms with Gasteiger partial charge in [0.25, 0.3) is 0 Å². The number of rotatable bonds is 4. The van der Waals surface area contributed by atoms with Crippen LogP contribution in [-0.4, -0.2) is 12.4 Å². The normalized spacial score (nSPS) is 9.43. The molecule has 0 aliphatic rings. The maximum absolute atomic E-state index is 9.78. The third kappa shape index (κ3) is 6.31. The zero-order chi connectivity index (χ0) is 5.54. The van der Waals surface area contributed by atoms with Gasteiger partial charge < -0.3 is 0 Å². The van der Waals surface area contributed by atoms with E-state index in [0.717, 1.165) is 25.0 Å². The van der Waals surface area contributed by atoms with Crippen molar-refractivity contribution < 1.29 is 5.11 Å². The van der Waals surface area contributed by atoms with Crippen LogP contribution in [0.25, 0.3) is 0 Å². The fourth-order valence-electron chi connectivity index (χ4n) is 0.391. The Morgan fingerprint density at radius 1 is 1.14 bits per heavy atom. The Bertz CT molecular complexity index is 27.3. The molecule has 0 unspecified atom stereocenters. The molecule has 0 heterocycles. The van der Waals surface area contributed by atoms with E-state index in [4.69, 9.17) is 0 Å². The minimum Gasteiger partial charge on any atom is -0.237 e. The predicted molar refractivity (Wildman–Crippen MR) is 33.3 cm³/mol. The van der Waals surface area contributed by atoms with E-state index < -0.39 is 0 Å². The van der Waals surface area contributed by atoms with Gasteiger partial charge in [-0.25, -0.2) is 5.11 Å². The molecule has 0 N–H and O–H groups in total. The zero-order valence-corrected chi connectivity index (χ0v) is 5.29. The van der Waals surface area contributed by atoms with E-state index in [2.05, 4.69) is 12.6 Å². The van der Waals surface area contributed by atoms with Crippen LogP contribution in [0.4, 0.5) is 0 Å². The lowest BCUT2D eigenvalue weighted by atomic mass is 10.3. The molecule has 1 nitrogen and oxygen atoms in total. The topological polar surface area (TPSA) is 19.9 Å². The Morgan fingerprint density at radius 2 is 1.86 bits per heavy atom. The minimum atomic E-state index is 0.0772. The van der Waals surface area contributed by atoms with Crippen LogP contribution in [0.5, 0.6) is 0 Å². The number of hydrogen-bond donors (Lipinski definition) is 1. The summed E-state index contributed by atoms with van der Waals surface area (Å²) in [6, 6.07) is 0. The highest BCUT2D eigenvalue weighted by molar-refractivity contribution is 7.80. The third-order valence-corrected chi connectivity index (χ3v) is 1.12. The van der Waals surface area contributed by atoms with E-state index in [1.165, 1.54) is 0 Å². The standard InChI is InChI=1S/C5H11OS/c6-4-2-1-3-5-7/h7H,1-5H2. The molecular weight excluding hydrogens is 108 g/mol. The molecule has 0 aliphatic heterocycles. The molecule has 0 aromatic heterocycles. The highest BCUT2D eigenvalue weighted by Crippen LogP contribution is 1.94. The summed E-state index contributed by atoms with van der Waals surface area (Å²) in [6.07, 6.45) is 2.96. The van der Waals surface area contributed by atoms with Crippen molar-refractivity contribution in [2.45, 2.75) is 19.3 Å². The quantitative estimate of drug-likeness (QED) is 0.427. The molecule has 0 fully saturated rings. The van der Waals surface area contributed by atoms with Crippen molar-refractivity contribution in [1.29, 1.82) is 0 Å². The van der Waals surface area contributed by atoms with E-state index in [9.17, 15) is 5.11 Å². The number of hydrogen-bond acceptors (Lipinski definition) is 1. The Hall–Kier alpha value is 0.310. The van der Waals surface area contributed by atoms with Crippen LogP contribution in [0.2, 0.25) is 0 Å². The van der Waals surface area contributed by atoms with E-state index >= 15 is 0 Å². The molecule has 43 valence electrons. The van der Waals surface area contributed by atoms with E-state index in [-0.39, 0.29) is 6.61 Å².